The van der Waals surface area contributed by atoms with E-state index in [1.165, 1.54) is 45.1 Å². The van der Waals surface area contributed by atoms with E-state index in [0.717, 1.165) is 12.1 Å². The molecule has 2 aromatic carbocycles. The molecule has 1 aliphatic rings. The Bertz CT molecular complexity index is 1400. The summed E-state index contributed by atoms with van der Waals surface area (Å²) in [5.74, 6) is -0.882. The van der Waals surface area contributed by atoms with E-state index >= 15 is 0 Å². The van der Waals surface area contributed by atoms with E-state index in [4.69, 9.17) is 4.42 Å². The molecule has 0 spiro atoms. The Morgan fingerprint density at radius 2 is 1.68 bits per heavy atom. The third kappa shape index (κ3) is 4.47. The fourth-order valence-electron chi connectivity index (χ4n) is 3.95. The van der Waals surface area contributed by atoms with Crippen LogP contribution in [0, 0.1) is 6.92 Å². The average Bonchev–Trinajstić information content (AvgIpc) is 3.05. The number of halogens is 3. The number of fused-ring (bicyclic) bond motifs is 1. The Hall–Kier alpha value is -3.12. The van der Waals surface area contributed by atoms with Crippen LogP contribution in [0.15, 0.2) is 50.5 Å². The lowest BCUT2D eigenvalue weighted by Crippen LogP contribution is -2.50. The van der Waals surface area contributed by atoms with Crippen LogP contribution in [-0.4, -0.2) is 54.3 Å². The highest BCUT2D eigenvalue weighted by Crippen LogP contribution is 2.29. The Labute approximate surface area is 193 Å². The van der Waals surface area contributed by atoms with Crippen molar-refractivity contribution in [3.63, 3.8) is 0 Å². The lowest BCUT2D eigenvalue weighted by molar-refractivity contribution is -0.137. The van der Waals surface area contributed by atoms with Crippen LogP contribution in [0.1, 0.15) is 16.7 Å². The largest absolute Gasteiger partial charge is 0.419 e. The van der Waals surface area contributed by atoms with Gasteiger partial charge in [0.1, 0.15) is 0 Å². The molecule has 0 N–H and O–H groups in total. The van der Waals surface area contributed by atoms with E-state index in [1.54, 1.807) is 6.92 Å². The second-order valence-electron chi connectivity index (χ2n) is 8.17. The van der Waals surface area contributed by atoms with Crippen molar-refractivity contribution in [2.45, 2.75) is 24.4 Å². The summed E-state index contributed by atoms with van der Waals surface area (Å²) in [5.41, 5.74) is 0.749. The van der Waals surface area contributed by atoms with Crippen LogP contribution in [-0.2, 0) is 34.5 Å². The number of hydrogen-bond acceptors (Lipinski definition) is 5. The number of amides is 1. The van der Waals surface area contributed by atoms with Gasteiger partial charge in [-0.3, -0.25) is 9.36 Å². The standard InChI is InChI=1S/C22H22F3N3O5S/c1-14-11-18-17(26(2)21(30)33-18)13-19(14)34(31,32)28-9-7-27(8-10-28)20(29)12-15-3-5-16(6-4-15)22(23,24)25/h3-6,11,13H,7-10,12H2,1-2H3. The average molecular weight is 497 g/mol. The van der Waals surface area contributed by atoms with Gasteiger partial charge >= 0.3 is 11.9 Å². The number of benzene rings is 2. The van der Waals surface area contributed by atoms with E-state index < -0.39 is 27.5 Å². The molecule has 0 saturated carbocycles. The maximum atomic E-state index is 13.3. The van der Waals surface area contributed by atoms with E-state index in [1.807, 2.05) is 0 Å². The van der Waals surface area contributed by atoms with E-state index in [2.05, 4.69) is 0 Å². The minimum atomic E-state index is -4.44. The van der Waals surface area contributed by atoms with Crippen LogP contribution < -0.4 is 5.76 Å². The van der Waals surface area contributed by atoms with Crippen molar-refractivity contribution in [3.05, 3.63) is 63.6 Å². The molecule has 4 rings (SSSR count). The zero-order valence-electron chi connectivity index (χ0n) is 18.4. The number of oxazole rings is 1. The van der Waals surface area contributed by atoms with Gasteiger partial charge in [-0.05, 0) is 42.3 Å². The van der Waals surface area contributed by atoms with Crippen molar-refractivity contribution in [3.8, 4) is 0 Å². The van der Waals surface area contributed by atoms with Gasteiger partial charge in [-0.2, -0.15) is 17.5 Å². The fraction of sp³-hybridized carbons (Fsp3) is 0.364. The van der Waals surface area contributed by atoms with Crippen LogP contribution in [0.5, 0.6) is 0 Å². The highest BCUT2D eigenvalue weighted by Gasteiger charge is 2.32. The highest BCUT2D eigenvalue weighted by atomic mass is 32.2. The minimum absolute atomic E-state index is 0.0564. The number of aryl methyl sites for hydroxylation is 2. The molecular formula is C22H22F3N3O5S. The second-order valence-corrected chi connectivity index (χ2v) is 10.1. The molecule has 1 fully saturated rings. The second kappa shape index (κ2) is 8.58. The SMILES string of the molecule is Cc1cc2oc(=O)n(C)c2cc1S(=O)(=O)N1CCN(C(=O)Cc2ccc(C(F)(F)F)cc2)CC1. The molecule has 1 amide bonds. The normalized spacial score (nSPS) is 15.7. The minimum Gasteiger partial charge on any atom is -0.408 e. The Balaban J connectivity index is 1.44. The van der Waals surface area contributed by atoms with Gasteiger partial charge in [-0.15, -0.1) is 0 Å². The van der Waals surface area contributed by atoms with Crippen molar-refractivity contribution in [1.29, 1.82) is 0 Å². The molecule has 3 aromatic rings. The van der Waals surface area contributed by atoms with Gasteiger partial charge in [0.05, 0.1) is 22.4 Å². The molecule has 0 aliphatic carbocycles. The first-order chi connectivity index (χ1) is 15.9. The first-order valence-corrected chi connectivity index (χ1v) is 11.9. The van der Waals surface area contributed by atoms with Gasteiger partial charge in [0.15, 0.2) is 5.58 Å². The number of alkyl halides is 3. The molecule has 8 nitrogen and oxygen atoms in total. The Morgan fingerprint density at radius 1 is 1.06 bits per heavy atom. The summed E-state index contributed by atoms with van der Waals surface area (Å²) < 4.78 is 72.2. The summed E-state index contributed by atoms with van der Waals surface area (Å²) in [4.78, 5) is 25.9. The van der Waals surface area contributed by atoms with Crippen molar-refractivity contribution in [2.75, 3.05) is 26.2 Å². The molecule has 182 valence electrons. The van der Waals surface area contributed by atoms with Crippen molar-refractivity contribution < 1.29 is 30.8 Å². The molecule has 2 heterocycles. The van der Waals surface area contributed by atoms with Crippen LogP contribution >= 0.6 is 0 Å². The molecular weight excluding hydrogens is 475 g/mol. The van der Waals surface area contributed by atoms with Gasteiger partial charge in [-0.1, -0.05) is 12.1 Å². The summed E-state index contributed by atoms with van der Waals surface area (Å²) in [6.07, 6.45) is -4.52. The highest BCUT2D eigenvalue weighted by molar-refractivity contribution is 7.89. The van der Waals surface area contributed by atoms with Gasteiger partial charge in [0, 0.05) is 33.2 Å². The third-order valence-electron chi connectivity index (χ3n) is 5.93. The zero-order valence-corrected chi connectivity index (χ0v) is 19.2. The van der Waals surface area contributed by atoms with Crippen LogP contribution in [0.3, 0.4) is 0 Å². The maximum Gasteiger partial charge on any atom is 0.419 e. The number of carbonyl (C=O) groups is 1. The number of nitrogens with zero attached hydrogens (tertiary/aromatic N) is 3. The molecule has 0 atom stereocenters. The van der Waals surface area contributed by atoms with Crippen LogP contribution in [0.25, 0.3) is 11.1 Å². The van der Waals surface area contributed by atoms with Crippen LogP contribution in [0.2, 0.25) is 0 Å². The molecule has 1 aromatic heterocycles. The first kappa shape index (κ1) is 24.0. The predicted molar refractivity (Wildman–Crippen MR) is 117 cm³/mol. The Kier molecular flexibility index (Phi) is 6.06. The fourth-order valence-corrected chi connectivity index (χ4v) is 5.60. The summed E-state index contributed by atoms with van der Waals surface area (Å²) >= 11 is 0. The summed E-state index contributed by atoms with van der Waals surface area (Å²) in [5, 5.41) is 0. The van der Waals surface area contributed by atoms with Gasteiger partial charge < -0.3 is 9.32 Å². The number of carbonyl (C=O) groups excluding carboxylic acids is 1. The number of hydrogen-bond donors (Lipinski definition) is 0. The summed E-state index contributed by atoms with van der Waals surface area (Å²) in [7, 11) is -2.40. The molecule has 1 aliphatic heterocycles. The molecule has 12 heteroatoms. The van der Waals surface area contributed by atoms with E-state index in [-0.39, 0.29) is 43.4 Å². The third-order valence-corrected chi connectivity index (χ3v) is 7.98. The molecule has 1 saturated heterocycles. The van der Waals surface area contributed by atoms with Gasteiger partial charge in [0.2, 0.25) is 15.9 Å². The predicted octanol–water partition coefficient (Wildman–Crippen LogP) is 2.53. The molecule has 0 radical (unpaired) electrons. The van der Waals surface area contributed by atoms with E-state index in [9.17, 15) is 31.2 Å². The van der Waals surface area contributed by atoms with E-state index in [0.29, 0.717) is 22.2 Å². The number of rotatable bonds is 4. The zero-order chi connectivity index (χ0) is 24.8. The molecule has 0 bridgehead atoms. The number of aromatic nitrogens is 1. The summed E-state index contributed by atoms with van der Waals surface area (Å²) in [6.45, 7) is 2.07. The monoisotopic (exact) mass is 497 g/mol. The van der Waals surface area contributed by atoms with Gasteiger partial charge in [-0.25, -0.2) is 13.2 Å². The van der Waals surface area contributed by atoms with Crippen molar-refractivity contribution in [1.82, 2.24) is 13.8 Å². The van der Waals surface area contributed by atoms with Gasteiger partial charge in [0.25, 0.3) is 0 Å². The first-order valence-electron chi connectivity index (χ1n) is 10.4. The smallest absolute Gasteiger partial charge is 0.408 e. The van der Waals surface area contributed by atoms with Crippen LogP contribution in [0.4, 0.5) is 13.2 Å². The maximum absolute atomic E-state index is 13.3. The number of piperazine rings is 1. The van der Waals surface area contributed by atoms with Crippen molar-refractivity contribution >= 4 is 27.0 Å². The summed E-state index contributed by atoms with van der Waals surface area (Å²) in [6, 6.07) is 7.32. The molecule has 0 unspecified atom stereocenters. The topological polar surface area (TPSA) is 92.8 Å². The lowest BCUT2D eigenvalue weighted by Gasteiger charge is -2.34. The van der Waals surface area contributed by atoms with Crippen molar-refractivity contribution in [2.24, 2.45) is 7.05 Å². The quantitative estimate of drug-likeness (QED) is 0.553. The number of sulfonamides is 1. The molecule has 34 heavy (non-hydrogen) atoms. The Morgan fingerprint density at radius 3 is 2.26 bits per heavy atom. The lowest BCUT2D eigenvalue weighted by atomic mass is 10.1.